The summed E-state index contributed by atoms with van der Waals surface area (Å²) in [5.41, 5.74) is 5.25. The Labute approximate surface area is 67.3 Å². The van der Waals surface area contributed by atoms with Crippen molar-refractivity contribution in [1.29, 1.82) is 0 Å². The minimum absolute atomic E-state index is 0.0323. The minimum atomic E-state index is -0.242. The number of rotatable bonds is 7. The number of aliphatic hydroxyl groups excluding tert-OH is 1. The molecule has 0 amide bonds. The molecule has 0 saturated heterocycles. The Balaban J connectivity index is 3.02. The quantitative estimate of drug-likeness (QED) is 0.400. The standard InChI is InChI=1S/C7H17NO3/c1-7(11-6-4-9)10-5-2-3-8/h7,9H,2-6,8H2,1H3. The molecular weight excluding hydrogens is 146 g/mol. The third-order valence-electron chi connectivity index (χ3n) is 1.14. The molecule has 0 aliphatic carbocycles. The van der Waals surface area contributed by atoms with Crippen LogP contribution in [0, 0.1) is 0 Å². The van der Waals surface area contributed by atoms with Crippen molar-refractivity contribution in [3.63, 3.8) is 0 Å². The molecule has 3 N–H and O–H groups in total. The van der Waals surface area contributed by atoms with Crippen LogP contribution in [0.4, 0.5) is 0 Å². The second kappa shape index (κ2) is 7.94. The highest BCUT2D eigenvalue weighted by atomic mass is 16.7. The van der Waals surface area contributed by atoms with Gasteiger partial charge in [-0.15, -0.1) is 0 Å². The fourth-order valence-electron chi connectivity index (χ4n) is 0.599. The van der Waals surface area contributed by atoms with Crippen molar-refractivity contribution in [1.82, 2.24) is 0 Å². The smallest absolute Gasteiger partial charge is 0.154 e. The molecule has 0 aromatic carbocycles. The third kappa shape index (κ3) is 7.74. The van der Waals surface area contributed by atoms with Gasteiger partial charge in [0.15, 0.2) is 6.29 Å². The highest BCUT2D eigenvalue weighted by molar-refractivity contribution is 4.37. The fraction of sp³-hybridized carbons (Fsp3) is 1.00. The van der Waals surface area contributed by atoms with E-state index in [0.717, 1.165) is 6.42 Å². The summed E-state index contributed by atoms with van der Waals surface area (Å²) in [5.74, 6) is 0. The summed E-state index contributed by atoms with van der Waals surface area (Å²) in [6.07, 6.45) is 0.598. The average Bonchev–Trinajstić information content (AvgIpc) is 2.01. The molecule has 4 nitrogen and oxygen atoms in total. The lowest BCUT2D eigenvalue weighted by Gasteiger charge is -2.12. The number of ether oxygens (including phenoxy) is 2. The predicted molar refractivity (Wildman–Crippen MR) is 42.1 cm³/mol. The van der Waals surface area contributed by atoms with E-state index < -0.39 is 0 Å². The van der Waals surface area contributed by atoms with Gasteiger partial charge in [0.25, 0.3) is 0 Å². The Kier molecular flexibility index (Phi) is 7.83. The van der Waals surface area contributed by atoms with Crippen LogP contribution in [0.5, 0.6) is 0 Å². The van der Waals surface area contributed by atoms with Gasteiger partial charge >= 0.3 is 0 Å². The molecule has 0 aromatic rings. The Morgan fingerprint density at radius 3 is 2.55 bits per heavy atom. The van der Waals surface area contributed by atoms with Crippen LogP contribution in [0.15, 0.2) is 0 Å². The molecule has 68 valence electrons. The largest absolute Gasteiger partial charge is 0.394 e. The monoisotopic (exact) mass is 163 g/mol. The van der Waals surface area contributed by atoms with E-state index in [9.17, 15) is 0 Å². The zero-order valence-electron chi connectivity index (χ0n) is 6.95. The van der Waals surface area contributed by atoms with Crippen molar-refractivity contribution >= 4 is 0 Å². The van der Waals surface area contributed by atoms with Crippen molar-refractivity contribution in [3.05, 3.63) is 0 Å². The van der Waals surface area contributed by atoms with E-state index in [4.69, 9.17) is 20.3 Å². The van der Waals surface area contributed by atoms with Gasteiger partial charge in [0, 0.05) is 0 Å². The zero-order chi connectivity index (χ0) is 8.53. The van der Waals surface area contributed by atoms with Gasteiger partial charge < -0.3 is 20.3 Å². The molecule has 4 heteroatoms. The SMILES string of the molecule is CC(OCCO)OCCCN. The summed E-state index contributed by atoms with van der Waals surface area (Å²) in [5, 5.41) is 8.39. The molecule has 11 heavy (non-hydrogen) atoms. The maximum Gasteiger partial charge on any atom is 0.154 e. The van der Waals surface area contributed by atoms with Crippen LogP contribution in [-0.2, 0) is 9.47 Å². The number of nitrogens with two attached hydrogens (primary N) is 1. The first-order valence-electron chi connectivity index (χ1n) is 3.85. The zero-order valence-corrected chi connectivity index (χ0v) is 6.95. The molecule has 1 unspecified atom stereocenters. The Morgan fingerprint density at radius 2 is 2.00 bits per heavy atom. The topological polar surface area (TPSA) is 64.7 Å². The van der Waals surface area contributed by atoms with Gasteiger partial charge in [-0.1, -0.05) is 0 Å². The summed E-state index contributed by atoms with van der Waals surface area (Å²) in [7, 11) is 0. The van der Waals surface area contributed by atoms with Gasteiger partial charge in [0.2, 0.25) is 0 Å². The molecule has 0 bridgehead atoms. The maximum absolute atomic E-state index is 8.39. The summed E-state index contributed by atoms with van der Waals surface area (Å²) < 4.78 is 10.2. The van der Waals surface area contributed by atoms with Crippen LogP contribution in [0.1, 0.15) is 13.3 Å². The molecule has 0 heterocycles. The highest BCUT2D eigenvalue weighted by Gasteiger charge is 1.99. The van der Waals surface area contributed by atoms with Gasteiger partial charge in [-0.2, -0.15) is 0 Å². The third-order valence-corrected chi connectivity index (χ3v) is 1.14. The van der Waals surface area contributed by atoms with Crippen LogP contribution >= 0.6 is 0 Å². The summed E-state index contributed by atoms with van der Waals surface area (Å²) >= 11 is 0. The maximum atomic E-state index is 8.39. The number of hydrogen-bond donors (Lipinski definition) is 2. The van der Waals surface area contributed by atoms with E-state index in [1.165, 1.54) is 0 Å². The molecule has 0 radical (unpaired) electrons. The molecule has 0 aromatic heterocycles. The first-order valence-corrected chi connectivity index (χ1v) is 3.85. The van der Waals surface area contributed by atoms with Crippen molar-refractivity contribution in [2.24, 2.45) is 5.73 Å². The number of aliphatic hydroxyl groups is 1. The highest BCUT2D eigenvalue weighted by Crippen LogP contribution is 1.93. The minimum Gasteiger partial charge on any atom is -0.394 e. The van der Waals surface area contributed by atoms with Crippen LogP contribution < -0.4 is 5.73 Å². The van der Waals surface area contributed by atoms with Gasteiger partial charge in [-0.3, -0.25) is 0 Å². The molecule has 0 saturated carbocycles. The molecule has 1 atom stereocenters. The molecule has 0 fully saturated rings. The van der Waals surface area contributed by atoms with Crippen molar-refractivity contribution in [3.8, 4) is 0 Å². The molecule has 0 aliphatic heterocycles. The summed E-state index contributed by atoms with van der Waals surface area (Å²) in [6, 6.07) is 0. The van der Waals surface area contributed by atoms with E-state index in [0.29, 0.717) is 19.8 Å². The molecule has 0 spiro atoms. The molecule has 0 aliphatic rings. The van der Waals surface area contributed by atoms with Crippen molar-refractivity contribution in [2.75, 3.05) is 26.4 Å². The lowest BCUT2D eigenvalue weighted by atomic mass is 10.5. The van der Waals surface area contributed by atoms with Crippen molar-refractivity contribution in [2.45, 2.75) is 19.6 Å². The summed E-state index contributed by atoms with van der Waals surface area (Å²) in [6.45, 7) is 3.40. The van der Waals surface area contributed by atoms with Gasteiger partial charge in [-0.05, 0) is 19.9 Å². The van der Waals surface area contributed by atoms with Gasteiger partial charge in [-0.25, -0.2) is 0 Å². The second-order valence-electron chi connectivity index (χ2n) is 2.18. The van der Waals surface area contributed by atoms with E-state index in [2.05, 4.69) is 0 Å². The first kappa shape index (κ1) is 10.8. The van der Waals surface area contributed by atoms with E-state index in [1.807, 2.05) is 0 Å². The Bertz CT molecular complexity index is 80.1. The second-order valence-corrected chi connectivity index (χ2v) is 2.18. The van der Waals surface area contributed by atoms with Crippen LogP contribution in [-0.4, -0.2) is 37.8 Å². The van der Waals surface area contributed by atoms with E-state index in [-0.39, 0.29) is 12.9 Å². The van der Waals surface area contributed by atoms with Crippen molar-refractivity contribution < 1.29 is 14.6 Å². The van der Waals surface area contributed by atoms with Crippen LogP contribution in [0.3, 0.4) is 0 Å². The predicted octanol–water partition coefficient (Wildman–Crippen LogP) is -0.293. The van der Waals surface area contributed by atoms with Crippen LogP contribution in [0.2, 0.25) is 0 Å². The first-order chi connectivity index (χ1) is 5.31. The van der Waals surface area contributed by atoms with E-state index >= 15 is 0 Å². The van der Waals surface area contributed by atoms with Crippen LogP contribution in [0.25, 0.3) is 0 Å². The Morgan fingerprint density at radius 1 is 1.36 bits per heavy atom. The Hall–Kier alpha value is -0.160. The lowest BCUT2D eigenvalue weighted by Crippen LogP contribution is -2.17. The fourth-order valence-corrected chi connectivity index (χ4v) is 0.599. The molecule has 0 rings (SSSR count). The normalized spacial score (nSPS) is 13.4. The number of hydrogen-bond acceptors (Lipinski definition) is 4. The average molecular weight is 163 g/mol. The lowest BCUT2D eigenvalue weighted by molar-refractivity contribution is -0.135. The van der Waals surface area contributed by atoms with Gasteiger partial charge in [0.1, 0.15) is 0 Å². The van der Waals surface area contributed by atoms with E-state index in [1.54, 1.807) is 6.92 Å². The summed E-state index contributed by atoms with van der Waals surface area (Å²) in [4.78, 5) is 0. The van der Waals surface area contributed by atoms with Gasteiger partial charge in [0.05, 0.1) is 19.8 Å². The molecular formula is C7H17NO3.